The van der Waals surface area contributed by atoms with Crippen LogP contribution in [0.25, 0.3) is 0 Å². The molecule has 0 N–H and O–H groups in total. The minimum atomic E-state index is -4.47. The number of aromatic nitrogens is 2. The molecule has 0 spiro atoms. The van der Waals surface area contributed by atoms with Gasteiger partial charge in [-0.1, -0.05) is 0 Å². The van der Waals surface area contributed by atoms with Crippen LogP contribution in [0, 0.1) is 13.8 Å². The number of halogens is 3. The molecule has 11 heteroatoms. The number of hydrogen-bond acceptors (Lipinski definition) is 4. The monoisotopic (exact) mass is 444 g/mol. The van der Waals surface area contributed by atoms with Gasteiger partial charge < -0.3 is 4.90 Å². The lowest BCUT2D eigenvalue weighted by Crippen LogP contribution is -2.37. The molecular formula is C19H23F3N4O3S. The Hall–Kier alpha value is -2.40. The number of aryl methyl sites for hydroxylation is 2. The van der Waals surface area contributed by atoms with Gasteiger partial charge in [-0.2, -0.15) is 22.6 Å². The lowest BCUT2D eigenvalue weighted by atomic mass is 10.1. The van der Waals surface area contributed by atoms with Crippen molar-refractivity contribution in [1.82, 2.24) is 19.0 Å². The number of alkyl halides is 3. The summed E-state index contributed by atoms with van der Waals surface area (Å²) >= 11 is 0. The highest BCUT2D eigenvalue weighted by Gasteiger charge is 2.33. The third kappa shape index (κ3) is 4.22. The maximum Gasteiger partial charge on any atom is 0.416 e. The summed E-state index contributed by atoms with van der Waals surface area (Å²) in [6.45, 7) is 4.13. The Kier molecular flexibility index (Phi) is 5.96. The number of carbonyl (C=O) groups excluding carboxylic acids is 1. The van der Waals surface area contributed by atoms with Crippen molar-refractivity contribution in [3.8, 4) is 0 Å². The van der Waals surface area contributed by atoms with E-state index in [9.17, 15) is 26.4 Å². The van der Waals surface area contributed by atoms with Gasteiger partial charge in [-0.25, -0.2) is 8.42 Å². The molecule has 2 heterocycles. The van der Waals surface area contributed by atoms with E-state index < -0.39 is 27.7 Å². The second-order valence-electron chi connectivity index (χ2n) is 7.25. The summed E-state index contributed by atoms with van der Waals surface area (Å²) in [5.41, 5.74) is 0.263. The van der Waals surface area contributed by atoms with Crippen LogP contribution < -0.4 is 0 Å². The van der Waals surface area contributed by atoms with Crippen LogP contribution in [0.1, 0.15) is 33.7 Å². The first-order valence-corrected chi connectivity index (χ1v) is 10.8. The van der Waals surface area contributed by atoms with Crippen LogP contribution in [0.2, 0.25) is 0 Å². The third-order valence-electron chi connectivity index (χ3n) is 5.24. The SMILES string of the molecule is Cc1nn(C)c(C)c1S(=O)(=O)N1CCCN(C(=O)c2ccc(C(F)(F)F)cc2)CC1. The highest BCUT2D eigenvalue weighted by molar-refractivity contribution is 7.89. The molecule has 1 amide bonds. The van der Waals surface area contributed by atoms with E-state index in [0.717, 1.165) is 24.3 Å². The van der Waals surface area contributed by atoms with Gasteiger partial charge in [-0.15, -0.1) is 0 Å². The lowest BCUT2D eigenvalue weighted by molar-refractivity contribution is -0.137. The molecule has 3 rings (SSSR count). The maximum atomic E-state index is 13.1. The normalized spacial score (nSPS) is 16.5. The molecule has 7 nitrogen and oxygen atoms in total. The zero-order valence-electron chi connectivity index (χ0n) is 16.9. The van der Waals surface area contributed by atoms with Crippen molar-refractivity contribution in [3.63, 3.8) is 0 Å². The average molecular weight is 444 g/mol. The molecule has 1 aromatic carbocycles. The Bertz CT molecular complexity index is 1050. The van der Waals surface area contributed by atoms with Crippen molar-refractivity contribution in [2.45, 2.75) is 31.3 Å². The van der Waals surface area contributed by atoms with E-state index >= 15 is 0 Å². The standard InChI is InChI=1S/C19H23F3N4O3S/c1-13-17(14(2)24(3)23-13)30(28,29)26-10-4-9-25(11-12-26)18(27)15-5-7-16(8-6-15)19(20,21)22/h5-8H,4,9-12H2,1-3H3. The van der Waals surface area contributed by atoms with Crippen LogP contribution >= 0.6 is 0 Å². The van der Waals surface area contributed by atoms with Crippen molar-refractivity contribution < 1.29 is 26.4 Å². The predicted molar refractivity (Wildman–Crippen MR) is 103 cm³/mol. The first kappa shape index (κ1) is 22.3. The molecule has 1 aliphatic rings. The minimum absolute atomic E-state index is 0.0997. The van der Waals surface area contributed by atoms with Crippen LogP contribution in [-0.4, -0.2) is 59.5 Å². The fraction of sp³-hybridized carbons (Fsp3) is 0.474. The number of rotatable bonds is 3. The predicted octanol–water partition coefficient (Wildman–Crippen LogP) is 2.59. The topological polar surface area (TPSA) is 75.5 Å². The molecule has 1 aliphatic heterocycles. The zero-order chi connectivity index (χ0) is 22.3. The summed E-state index contributed by atoms with van der Waals surface area (Å²) in [5, 5.41) is 4.17. The number of hydrogen-bond donors (Lipinski definition) is 0. The summed E-state index contributed by atoms with van der Waals surface area (Å²) in [4.78, 5) is 14.4. The summed E-state index contributed by atoms with van der Waals surface area (Å²) in [5.74, 6) is -0.420. The smallest absolute Gasteiger partial charge is 0.337 e. The molecule has 164 valence electrons. The molecule has 0 saturated carbocycles. The van der Waals surface area contributed by atoms with Crippen LogP contribution in [0.5, 0.6) is 0 Å². The number of sulfonamides is 1. The molecule has 1 saturated heterocycles. The summed E-state index contributed by atoms with van der Waals surface area (Å²) < 4.78 is 67.3. The van der Waals surface area contributed by atoms with E-state index in [0.29, 0.717) is 24.4 Å². The molecule has 0 bridgehead atoms. The highest BCUT2D eigenvalue weighted by atomic mass is 32.2. The van der Waals surface area contributed by atoms with Gasteiger partial charge in [-0.05, 0) is 44.5 Å². The first-order chi connectivity index (χ1) is 13.9. The summed E-state index contributed by atoms with van der Waals surface area (Å²) in [6.07, 6.45) is -4.05. The van der Waals surface area contributed by atoms with Crippen LogP contribution in [0.3, 0.4) is 0 Å². The van der Waals surface area contributed by atoms with E-state index in [1.165, 1.54) is 13.9 Å². The van der Waals surface area contributed by atoms with E-state index in [4.69, 9.17) is 0 Å². The average Bonchev–Trinajstić information content (AvgIpc) is 2.85. The van der Waals surface area contributed by atoms with Gasteiger partial charge >= 0.3 is 6.18 Å². The Labute approximate surface area is 173 Å². The molecule has 0 radical (unpaired) electrons. The molecule has 2 aromatic rings. The Morgan fingerprint density at radius 1 is 1.03 bits per heavy atom. The molecule has 30 heavy (non-hydrogen) atoms. The number of amides is 1. The molecule has 0 atom stereocenters. The fourth-order valence-electron chi connectivity index (χ4n) is 3.58. The second kappa shape index (κ2) is 8.03. The lowest BCUT2D eigenvalue weighted by Gasteiger charge is -2.22. The largest absolute Gasteiger partial charge is 0.416 e. The minimum Gasteiger partial charge on any atom is -0.337 e. The Balaban J connectivity index is 1.75. The molecule has 1 aromatic heterocycles. The van der Waals surface area contributed by atoms with Crippen LogP contribution in [-0.2, 0) is 23.2 Å². The van der Waals surface area contributed by atoms with E-state index in [1.54, 1.807) is 20.9 Å². The first-order valence-electron chi connectivity index (χ1n) is 9.40. The number of nitrogens with zero attached hydrogens (tertiary/aromatic N) is 4. The number of carbonyl (C=O) groups is 1. The van der Waals surface area contributed by atoms with Crippen molar-refractivity contribution >= 4 is 15.9 Å². The van der Waals surface area contributed by atoms with Crippen LogP contribution in [0.15, 0.2) is 29.2 Å². The van der Waals surface area contributed by atoms with E-state index in [-0.39, 0.29) is 30.1 Å². The molecular weight excluding hydrogens is 421 g/mol. The van der Waals surface area contributed by atoms with Gasteiger partial charge in [0.1, 0.15) is 4.90 Å². The van der Waals surface area contributed by atoms with Gasteiger partial charge in [0, 0.05) is 38.8 Å². The summed E-state index contributed by atoms with van der Waals surface area (Å²) in [6, 6.07) is 4.03. The van der Waals surface area contributed by atoms with Crippen molar-refractivity contribution in [2.24, 2.45) is 7.05 Å². The second-order valence-corrected chi connectivity index (χ2v) is 9.12. The van der Waals surface area contributed by atoms with E-state index in [1.807, 2.05) is 0 Å². The molecule has 0 unspecified atom stereocenters. The van der Waals surface area contributed by atoms with Crippen molar-refractivity contribution in [3.05, 3.63) is 46.8 Å². The van der Waals surface area contributed by atoms with E-state index in [2.05, 4.69) is 5.10 Å². The quantitative estimate of drug-likeness (QED) is 0.729. The van der Waals surface area contributed by atoms with Crippen molar-refractivity contribution in [2.75, 3.05) is 26.2 Å². The van der Waals surface area contributed by atoms with Gasteiger partial charge in [0.2, 0.25) is 10.0 Å². The highest BCUT2D eigenvalue weighted by Crippen LogP contribution is 2.29. The fourth-order valence-corrected chi connectivity index (χ4v) is 5.45. The Morgan fingerprint density at radius 3 is 2.20 bits per heavy atom. The third-order valence-corrected chi connectivity index (χ3v) is 7.39. The van der Waals surface area contributed by atoms with Gasteiger partial charge in [0.15, 0.2) is 0 Å². The van der Waals surface area contributed by atoms with Gasteiger partial charge in [0.25, 0.3) is 5.91 Å². The molecule has 1 fully saturated rings. The number of benzene rings is 1. The summed E-state index contributed by atoms with van der Waals surface area (Å²) in [7, 11) is -2.10. The zero-order valence-corrected chi connectivity index (χ0v) is 17.7. The van der Waals surface area contributed by atoms with Crippen molar-refractivity contribution in [1.29, 1.82) is 0 Å². The Morgan fingerprint density at radius 2 is 1.67 bits per heavy atom. The van der Waals surface area contributed by atoms with Gasteiger partial charge in [-0.3, -0.25) is 9.48 Å². The van der Waals surface area contributed by atoms with Gasteiger partial charge in [0.05, 0.1) is 17.0 Å². The molecule has 0 aliphatic carbocycles. The maximum absolute atomic E-state index is 13.1. The van der Waals surface area contributed by atoms with Crippen LogP contribution in [0.4, 0.5) is 13.2 Å².